The Bertz CT molecular complexity index is 140. The van der Waals surface area contributed by atoms with Crippen LogP contribution < -0.4 is 0 Å². The second-order valence-electron chi connectivity index (χ2n) is 2.18. The van der Waals surface area contributed by atoms with Gasteiger partial charge in [-0.2, -0.15) is 13.2 Å². The predicted molar refractivity (Wildman–Crippen MR) is 30.4 cm³/mol. The van der Waals surface area contributed by atoms with E-state index in [0.717, 1.165) is 0 Å². The molecule has 1 aliphatic rings. The summed E-state index contributed by atoms with van der Waals surface area (Å²) in [5, 5.41) is -1.74. The Hall–Kier alpha value is -0.190. The van der Waals surface area contributed by atoms with E-state index in [1.807, 2.05) is 0 Å². The maximum absolute atomic E-state index is 11.8. The van der Waals surface area contributed by atoms with E-state index in [4.69, 9.17) is 0 Å². The van der Waals surface area contributed by atoms with Gasteiger partial charge in [-0.05, 0) is 12.8 Å². The molecule has 1 radical (unpaired) electrons. The van der Waals surface area contributed by atoms with Crippen molar-refractivity contribution in [3.63, 3.8) is 0 Å². The average molecular weight is 170 g/mol. The SMILES string of the molecule is O=[S+]C([C]1CC1)C(F)(F)F. The molecule has 57 valence electrons. The van der Waals surface area contributed by atoms with Crippen molar-refractivity contribution in [2.75, 3.05) is 0 Å². The van der Waals surface area contributed by atoms with Crippen molar-refractivity contribution in [2.24, 2.45) is 0 Å². The Labute approximate surface area is 60.1 Å². The normalized spacial score (nSPS) is 22.3. The summed E-state index contributed by atoms with van der Waals surface area (Å²) in [5.74, 6) is 0.340. The summed E-state index contributed by atoms with van der Waals surface area (Å²) in [6.45, 7) is 0. The van der Waals surface area contributed by atoms with Crippen molar-refractivity contribution in [1.29, 1.82) is 0 Å². The van der Waals surface area contributed by atoms with E-state index in [0.29, 0.717) is 18.8 Å². The van der Waals surface area contributed by atoms with Gasteiger partial charge < -0.3 is 0 Å². The molecule has 1 nitrogen and oxygen atoms in total. The second kappa shape index (κ2) is 2.45. The minimum atomic E-state index is -4.34. The molecule has 5 heteroatoms. The van der Waals surface area contributed by atoms with Crippen molar-refractivity contribution >= 4 is 11.7 Å². The van der Waals surface area contributed by atoms with E-state index in [2.05, 4.69) is 0 Å². The summed E-state index contributed by atoms with van der Waals surface area (Å²) in [6, 6.07) is 0. The van der Waals surface area contributed by atoms with Crippen molar-refractivity contribution in [3.8, 4) is 0 Å². The molecule has 0 spiro atoms. The lowest BCUT2D eigenvalue weighted by atomic mass is 10.3. The molecular formula is C5H5F3OS+. The van der Waals surface area contributed by atoms with Gasteiger partial charge in [0.25, 0.3) is 0 Å². The predicted octanol–water partition coefficient (Wildman–Crippen LogP) is 1.71. The van der Waals surface area contributed by atoms with Gasteiger partial charge in [0.2, 0.25) is 0 Å². The lowest BCUT2D eigenvalue weighted by Gasteiger charge is -2.01. The van der Waals surface area contributed by atoms with Gasteiger partial charge >= 0.3 is 23.1 Å². The Balaban J connectivity index is 2.54. The van der Waals surface area contributed by atoms with Gasteiger partial charge in [0.1, 0.15) is 0 Å². The second-order valence-corrected chi connectivity index (χ2v) is 2.84. The fourth-order valence-corrected chi connectivity index (χ4v) is 1.17. The Morgan fingerprint density at radius 1 is 1.40 bits per heavy atom. The summed E-state index contributed by atoms with van der Waals surface area (Å²) in [6.07, 6.45) is -3.39. The lowest BCUT2D eigenvalue weighted by molar-refractivity contribution is -0.124. The molecule has 0 aromatic rings. The molecule has 1 fully saturated rings. The summed E-state index contributed by atoms with van der Waals surface area (Å²) < 4.78 is 45.2. The smallest absolute Gasteiger partial charge is 0.165 e. The quantitative estimate of drug-likeness (QED) is 0.576. The fourth-order valence-electron chi connectivity index (χ4n) is 0.688. The third-order valence-corrected chi connectivity index (χ3v) is 2.10. The van der Waals surface area contributed by atoms with E-state index in [1.54, 1.807) is 0 Å². The number of hydrogen-bond acceptors (Lipinski definition) is 1. The van der Waals surface area contributed by atoms with Crippen LogP contribution in [-0.2, 0) is 15.9 Å². The molecule has 1 aliphatic carbocycles. The molecule has 0 heterocycles. The van der Waals surface area contributed by atoms with Gasteiger partial charge in [0.15, 0.2) is 0 Å². The number of rotatable bonds is 2. The van der Waals surface area contributed by atoms with Crippen molar-refractivity contribution in [2.45, 2.75) is 24.3 Å². The first-order chi connectivity index (χ1) is 4.55. The maximum atomic E-state index is 11.8. The highest BCUT2D eigenvalue weighted by Gasteiger charge is 2.59. The van der Waals surface area contributed by atoms with Crippen molar-refractivity contribution in [3.05, 3.63) is 5.92 Å². The van der Waals surface area contributed by atoms with Gasteiger partial charge in [-0.15, -0.1) is 0 Å². The molecule has 1 saturated carbocycles. The van der Waals surface area contributed by atoms with Gasteiger partial charge in [-0.3, -0.25) is 0 Å². The van der Waals surface area contributed by atoms with E-state index in [1.165, 1.54) is 0 Å². The lowest BCUT2D eigenvalue weighted by Crippen LogP contribution is -2.28. The molecule has 0 N–H and O–H groups in total. The Kier molecular flexibility index (Phi) is 1.94. The number of hydrogen-bond donors (Lipinski definition) is 0. The summed E-state index contributed by atoms with van der Waals surface area (Å²) in [4.78, 5) is 0. The minimum absolute atomic E-state index is 0.340. The van der Waals surface area contributed by atoms with Crippen LogP contribution in [0.2, 0.25) is 0 Å². The third-order valence-electron chi connectivity index (χ3n) is 1.30. The standard InChI is InChI=1S/C5H5F3OS/c6-5(7,8)4(10-9)3-1-2-3/h4H,1-2H2/q+1. The van der Waals surface area contributed by atoms with Crippen molar-refractivity contribution < 1.29 is 17.4 Å². The van der Waals surface area contributed by atoms with E-state index in [9.17, 15) is 17.4 Å². The molecule has 0 amide bonds. The monoisotopic (exact) mass is 170 g/mol. The molecule has 1 atom stereocenters. The van der Waals surface area contributed by atoms with Crippen molar-refractivity contribution in [1.82, 2.24) is 0 Å². The molecule has 0 aromatic heterocycles. The van der Waals surface area contributed by atoms with Crippen LogP contribution in [0.3, 0.4) is 0 Å². The largest absolute Gasteiger partial charge is 0.472 e. The van der Waals surface area contributed by atoms with E-state index in [-0.39, 0.29) is 11.7 Å². The Morgan fingerprint density at radius 2 is 1.90 bits per heavy atom. The van der Waals surface area contributed by atoms with Crippen LogP contribution in [0.1, 0.15) is 12.8 Å². The van der Waals surface area contributed by atoms with E-state index >= 15 is 0 Å². The zero-order valence-corrected chi connectivity index (χ0v) is 5.76. The first-order valence-electron chi connectivity index (χ1n) is 2.75. The maximum Gasteiger partial charge on any atom is 0.472 e. The molecule has 10 heavy (non-hydrogen) atoms. The minimum Gasteiger partial charge on any atom is -0.165 e. The van der Waals surface area contributed by atoms with Crippen LogP contribution in [0.4, 0.5) is 13.2 Å². The molecular weight excluding hydrogens is 165 g/mol. The molecule has 0 saturated heterocycles. The van der Waals surface area contributed by atoms with Crippen LogP contribution in [0.15, 0.2) is 0 Å². The van der Waals surface area contributed by atoms with E-state index < -0.39 is 11.4 Å². The molecule has 1 rings (SSSR count). The van der Waals surface area contributed by atoms with Gasteiger partial charge in [0, 0.05) is 4.21 Å². The third kappa shape index (κ3) is 1.65. The number of alkyl halides is 3. The first-order valence-corrected chi connectivity index (χ1v) is 3.56. The fraction of sp³-hybridized carbons (Fsp3) is 0.800. The number of halogens is 3. The summed E-state index contributed by atoms with van der Waals surface area (Å²) in [5.41, 5.74) is 0. The zero-order chi connectivity index (χ0) is 7.78. The van der Waals surface area contributed by atoms with Gasteiger partial charge in [-0.1, -0.05) is 0 Å². The summed E-state index contributed by atoms with van der Waals surface area (Å²) in [7, 11) is 0. The molecule has 1 unspecified atom stereocenters. The first kappa shape index (κ1) is 7.91. The zero-order valence-electron chi connectivity index (χ0n) is 4.94. The van der Waals surface area contributed by atoms with Crippen LogP contribution in [0.5, 0.6) is 0 Å². The van der Waals surface area contributed by atoms with Crippen LogP contribution in [0, 0.1) is 5.92 Å². The van der Waals surface area contributed by atoms with Crippen LogP contribution in [-0.4, -0.2) is 11.4 Å². The summed E-state index contributed by atoms with van der Waals surface area (Å²) >= 11 is -0.365. The molecule has 0 aliphatic heterocycles. The van der Waals surface area contributed by atoms with Gasteiger partial charge in [0.05, 0.1) is 5.92 Å². The highest BCUT2D eigenvalue weighted by atomic mass is 32.1. The molecule has 0 aromatic carbocycles. The topological polar surface area (TPSA) is 17.1 Å². The average Bonchev–Trinajstić information content (AvgIpc) is 2.46. The highest BCUT2D eigenvalue weighted by Crippen LogP contribution is 2.43. The molecule has 0 bridgehead atoms. The van der Waals surface area contributed by atoms with Crippen LogP contribution >= 0.6 is 0 Å². The van der Waals surface area contributed by atoms with Gasteiger partial charge in [-0.25, -0.2) is 0 Å². The highest BCUT2D eigenvalue weighted by molar-refractivity contribution is 7.66. The van der Waals surface area contributed by atoms with Crippen LogP contribution in [0.25, 0.3) is 0 Å². The Morgan fingerprint density at radius 3 is 2.00 bits per heavy atom.